The second-order valence-corrected chi connectivity index (χ2v) is 11.5. The molecule has 3 aliphatic rings. The molecule has 2 aromatic heterocycles. The SMILES string of the molecule is CN1C(=O)[C@@]2(c3ccccc31)N(C)C[C@H](c1cccs1)[C@]21SC(=S)N(Cc2ccco2)C1=O. The van der Waals surface area contributed by atoms with E-state index in [1.54, 1.807) is 40.5 Å². The molecule has 2 spiro atoms. The first-order valence-electron chi connectivity index (χ1n) is 10.6. The number of carbonyl (C=O) groups excluding carboxylic acids is 2. The Kier molecular flexibility index (Phi) is 4.65. The van der Waals surface area contributed by atoms with E-state index < -0.39 is 10.3 Å². The normalized spacial score (nSPS) is 29.3. The molecule has 1 aromatic carbocycles. The minimum atomic E-state index is -1.16. The number of nitrogens with zero attached hydrogens (tertiary/aromatic N) is 3. The monoisotopic (exact) mass is 495 g/mol. The lowest BCUT2D eigenvalue weighted by molar-refractivity contribution is -0.139. The van der Waals surface area contributed by atoms with Crippen molar-refractivity contribution in [3.63, 3.8) is 0 Å². The molecule has 2 amide bonds. The van der Waals surface area contributed by atoms with Crippen LogP contribution in [0.15, 0.2) is 64.6 Å². The molecule has 6 nitrogen and oxygen atoms in total. The summed E-state index contributed by atoms with van der Waals surface area (Å²) in [6, 6.07) is 15.5. The molecule has 3 aliphatic heterocycles. The third-order valence-electron chi connectivity index (χ3n) is 7.14. The standard InChI is InChI=1S/C24H21N3O3S3/c1-25-14-17(19-10-6-12-32-19)24(21(29)27(22(31)33-24)13-15-7-5-11-30-15)23(25)16-8-3-4-9-18(16)26(2)20(23)28/h3-12,17H,13-14H2,1-2H3/t17-,23-,24-/m1/s1. The highest BCUT2D eigenvalue weighted by molar-refractivity contribution is 8.25. The van der Waals surface area contributed by atoms with Gasteiger partial charge < -0.3 is 9.32 Å². The smallest absolute Gasteiger partial charge is 0.254 e. The molecular weight excluding hydrogens is 474 g/mol. The van der Waals surface area contributed by atoms with Crippen LogP contribution in [0.25, 0.3) is 0 Å². The van der Waals surface area contributed by atoms with Crippen LogP contribution < -0.4 is 4.90 Å². The van der Waals surface area contributed by atoms with Gasteiger partial charge in [-0.15, -0.1) is 11.3 Å². The number of furan rings is 1. The number of fused-ring (bicyclic) bond motifs is 3. The van der Waals surface area contributed by atoms with Crippen LogP contribution in [-0.2, 0) is 21.7 Å². The molecule has 2 fully saturated rings. The highest BCUT2D eigenvalue weighted by Crippen LogP contribution is 2.66. The van der Waals surface area contributed by atoms with E-state index in [0.717, 1.165) is 16.1 Å². The quantitative estimate of drug-likeness (QED) is 0.511. The maximum atomic E-state index is 14.5. The summed E-state index contributed by atoms with van der Waals surface area (Å²) < 4.78 is 4.89. The topological polar surface area (TPSA) is 57.0 Å². The summed E-state index contributed by atoms with van der Waals surface area (Å²) >= 11 is 8.79. The number of para-hydroxylation sites is 1. The Morgan fingerprint density at radius 2 is 1.91 bits per heavy atom. The zero-order valence-electron chi connectivity index (χ0n) is 18.1. The van der Waals surface area contributed by atoms with E-state index in [4.69, 9.17) is 16.6 Å². The second-order valence-electron chi connectivity index (χ2n) is 8.61. The second kappa shape index (κ2) is 7.27. The number of thioether (sulfide) groups is 1. The van der Waals surface area contributed by atoms with Crippen LogP contribution in [0, 0.1) is 0 Å². The van der Waals surface area contributed by atoms with Gasteiger partial charge in [-0.25, -0.2) is 0 Å². The number of likely N-dealkylation sites (tertiary alicyclic amines) is 1. The lowest BCUT2D eigenvalue weighted by atomic mass is 9.73. The van der Waals surface area contributed by atoms with Crippen molar-refractivity contribution in [3.05, 3.63) is 76.4 Å². The first-order valence-corrected chi connectivity index (χ1v) is 12.7. The number of thiophene rings is 1. The molecule has 0 bridgehead atoms. The van der Waals surface area contributed by atoms with Gasteiger partial charge in [-0.3, -0.25) is 19.4 Å². The van der Waals surface area contributed by atoms with Gasteiger partial charge in [0.25, 0.3) is 5.91 Å². The van der Waals surface area contributed by atoms with Crippen molar-refractivity contribution in [2.75, 3.05) is 25.5 Å². The van der Waals surface area contributed by atoms with Gasteiger partial charge in [-0.05, 0) is 36.7 Å². The molecule has 168 valence electrons. The number of benzene rings is 1. The Bertz CT molecular complexity index is 1280. The predicted octanol–water partition coefficient (Wildman–Crippen LogP) is 4.04. The highest BCUT2D eigenvalue weighted by atomic mass is 32.2. The van der Waals surface area contributed by atoms with Crippen molar-refractivity contribution in [1.29, 1.82) is 0 Å². The van der Waals surface area contributed by atoms with Crippen LogP contribution in [0.1, 0.15) is 22.1 Å². The first-order chi connectivity index (χ1) is 15.9. The third kappa shape index (κ3) is 2.51. The predicted molar refractivity (Wildman–Crippen MR) is 133 cm³/mol. The Hall–Kier alpha value is -2.46. The van der Waals surface area contributed by atoms with E-state index in [1.165, 1.54) is 11.8 Å². The summed E-state index contributed by atoms with van der Waals surface area (Å²) in [7, 11) is 3.74. The van der Waals surface area contributed by atoms with E-state index in [2.05, 4.69) is 11.0 Å². The summed E-state index contributed by atoms with van der Waals surface area (Å²) in [6.07, 6.45) is 1.59. The molecular formula is C24H21N3O3S3. The maximum Gasteiger partial charge on any atom is 0.254 e. The van der Waals surface area contributed by atoms with Gasteiger partial charge in [-0.1, -0.05) is 48.2 Å². The molecule has 5 heterocycles. The van der Waals surface area contributed by atoms with Crippen molar-refractivity contribution in [3.8, 4) is 0 Å². The average Bonchev–Trinajstić information content (AvgIpc) is 3.62. The fraction of sp³-hybridized carbons (Fsp3) is 0.292. The summed E-state index contributed by atoms with van der Waals surface area (Å²) in [5.74, 6) is 0.249. The van der Waals surface area contributed by atoms with Crippen molar-refractivity contribution < 1.29 is 14.0 Å². The molecule has 0 saturated carbocycles. The number of hydrogen-bond acceptors (Lipinski definition) is 7. The van der Waals surface area contributed by atoms with E-state index in [9.17, 15) is 9.59 Å². The van der Waals surface area contributed by atoms with Crippen molar-refractivity contribution in [1.82, 2.24) is 9.80 Å². The minimum Gasteiger partial charge on any atom is -0.467 e. The zero-order chi connectivity index (χ0) is 23.0. The summed E-state index contributed by atoms with van der Waals surface area (Å²) in [4.78, 5) is 35.2. The lowest BCUT2D eigenvalue weighted by Gasteiger charge is -2.42. The summed E-state index contributed by atoms with van der Waals surface area (Å²) in [5.41, 5.74) is 0.545. The third-order valence-corrected chi connectivity index (χ3v) is 10.1. The Balaban J connectivity index is 1.60. The fourth-order valence-corrected chi connectivity index (χ4v) is 8.86. The van der Waals surface area contributed by atoms with Gasteiger partial charge >= 0.3 is 0 Å². The number of anilines is 1. The number of likely N-dealkylation sites (N-methyl/N-ethyl adjacent to an activating group) is 2. The molecule has 6 rings (SSSR count). The molecule has 0 aliphatic carbocycles. The van der Waals surface area contributed by atoms with Crippen LogP contribution in [0.3, 0.4) is 0 Å². The van der Waals surface area contributed by atoms with Crippen LogP contribution in [0.2, 0.25) is 0 Å². The lowest BCUT2D eigenvalue weighted by Crippen LogP contribution is -2.62. The van der Waals surface area contributed by atoms with Gasteiger partial charge in [0, 0.05) is 35.6 Å². The number of amides is 2. The van der Waals surface area contributed by atoms with Gasteiger partial charge in [-0.2, -0.15) is 0 Å². The number of hydrogen-bond donors (Lipinski definition) is 0. The Labute approximate surface area is 205 Å². The maximum absolute atomic E-state index is 14.5. The zero-order valence-corrected chi connectivity index (χ0v) is 20.5. The van der Waals surface area contributed by atoms with Gasteiger partial charge in [0.05, 0.1) is 12.8 Å². The van der Waals surface area contributed by atoms with Crippen LogP contribution in [-0.4, -0.2) is 51.3 Å². The molecule has 0 radical (unpaired) electrons. The molecule has 3 atom stereocenters. The molecule has 0 N–H and O–H groups in total. The van der Waals surface area contributed by atoms with E-state index in [1.807, 2.05) is 48.8 Å². The summed E-state index contributed by atoms with van der Waals surface area (Å²) in [6.45, 7) is 0.826. The van der Waals surface area contributed by atoms with Gasteiger partial charge in [0.2, 0.25) is 5.91 Å². The van der Waals surface area contributed by atoms with Crippen LogP contribution in [0.5, 0.6) is 0 Å². The van der Waals surface area contributed by atoms with E-state index in [0.29, 0.717) is 16.6 Å². The average molecular weight is 496 g/mol. The van der Waals surface area contributed by atoms with Gasteiger partial charge in [0.15, 0.2) is 5.54 Å². The first kappa shape index (κ1) is 21.1. The largest absolute Gasteiger partial charge is 0.467 e. The van der Waals surface area contributed by atoms with E-state index >= 15 is 0 Å². The van der Waals surface area contributed by atoms with Crippen molar-refractivity contribution in [2.45, 2.75) is 22.7 Å². The van der Waals surface area contributed by atoms with Crippen molar-refractivity contribution >= 4 is 57.1 Å². The van der Waals surface area contributed by atoms with Crippen molar-refractivity contribution in [2.24, 2.45) is 0 Å². The molecule has 9 heteroatoms. The number of carbonyl (C=O) groups is 2. The number of rotatable bonds is 3. The Morgan fingerprint density at radius 1 is 1.09 bits per heavy atom. The van der Waals surface area contributed by atoms with Gasteiger partial charge in [0.1, 0.15) is 14.8 Å². The number of thiocarbonyl (C=S) groups is 1. The summed E-state index contributed by atoms with van der Waals surface area (Å²) in [5, 5.41) is 2.02. The van der Waals surface area contributed by atoms with E-state index in [-0.39, 0.29) is 24.3 Å². The molecule has 2 saturated heterocycles. The van der Waals surface area contributed by atoms with Crippen LogP contribution in [0.4, 0.5) is 5.69 Å². The highest BCUT2D eigenvalue weighted by Gasteiger charge is 2.78. The molecule has 0 unspecified atom stereocenters. The molecule has 33 heavy (non-hydrogen) atoms. The Morgan fingerprint density at radius 3 is 2.64 bits per heavy atom. The van der Waals surface area contributed by atoms with Crippen LogP contribution >= 0.6 is 35.3 Å². The molecule has 3 aromatic rings. The fourth-order valence-electron chi connectivity index (χ4n) is 5.79. The minimum absolute atomic E-state index is 0.0891.